The van der Waals surface area contributed by atoms with Gasteiger partial charge in [-0.3, -0.25) is 5.41 Å². The van der Waals surface area contributed by atoms with Crippen molar-refractivity contribution in [2.75, 3.05) is 0 Å². The largest absolute Gasteiger partial charge is 0.436 e. The molecule has 22 heavy (non-hydrogen) atoms. The van der Waals surface area contributed by atoms with Crippen LogP contribution in [0.5, 0.6) is 0 Å². The Kier molecular flexibility index (Phi) is 3.24. The van der Waals surface area contributed by atoms with Crippen molar-refractivity contribution in [1.82, 2.24) is 0 Å². The SMILES string of the molecule is N=c1ccc2cc(-c3ccc(C(F)(F)F)cc3)cc(F)c2o1. The van der Waals surface area contributed by atoms with Gasteiger partial charge in [0.05, 0.1) is 5.56 Å². The molecule has 0 saturated heterocycles. The molecular formula is C16H9F4NO. The second-order valence-corrected chi connectivity index (χ2v) is 4.75. The minimum atomic E-state index is -4.41. The Labute approximate surface area is 122 Å². The van der Waals surface area contributed by atoms with E-state index in [9.17, 15) is 17.6 Å². The average molecular weight is 307 g/mol. The minimum absolute atomic E-state index is 0.0526. The van der Waals surface area contributed by atoms with Gasteiger partial charge in [-0.1, -0.05) is 12.1 Å². The Morgan fingerprint density at radius 1 is 0.864 bits per heavy atom. The topological polar surface area (TPSA) is 37.0 Å². The number of nitrogens with one attached hydrogen (secondary N) is 1. The third-order valence-electron chi connectivity index (χ3n) is 3.24. The Balaban J connectivity index is 2.10. The predicted molar refractivity (Wildman–Crippen MR) is 72.5 cm³/mol. The molecule has 2 nitrogen and oxygen atoms in total. The van der Waals surface area contributed by atoms with Gasteiger partial charge in [0.1, 0.15) is 0 Å². The van der Waals surface area contributed by atoms with Gasteiger partial charge in [-0.2, -0.15) is 13.2 Å². The van der Waals surface area contributed by atoms with Gasteiger partial charge in [0.15, 0.2) is 11.4 Å². The van der Waals surface area contributed by atoms with E-state index in [1.807, 2.05) is 0 Å². The molecule has 3 rings (SSSR count). The first kappa shape index (κ1) is 14.3. The smallest absolute Gasteiger partial charge is 0.416 e. The molecule has 112 valence electrons. The predicted octanol–water partition coefficient (Wildman–Crippen LogP) is 4.74. The molecule has 0 aliphatic heterocycles. The lowest BCUT2D eigenvalue weighted by Crippen LogP contribution is -2.04. The van der Waals surface area contributed by atoms with Gasteiger partial charge in [0.2, 0.25) is 5.55 Å². The molecule has 0 bridgehead atoms. The van der Waals surface area contributed by atoms with E-state index in [2.05, 4.69) is 0 Å². The number of fused-ring (bicyclic) bond motifs is 1. The summed E-state index contributed by atoms with van der Waals surface area (Å²) in [5, 5.41) is 7.77. The van der Waals surface area contributed by atoms with E-state index in [-0.39, 0.29) is 11.1 Å². The van der Waals surface area contributed by atoms with Crippen molar-refractivity contribution in [3.8, 4) is 11.1 Å². The number of hydrogen-bond acceptors (Lipinski definition) is 2. The van der Waals surface area contributed by atoms with Crippen molar-refractivity contribution in [2.24, 2.45) is 0 Å². The number of hydrogen-bond donors (Lipinski definition) is 1. The van der Waals surface area contributed by atoms with E-state index < -0.39 is 17.6 Å². The Hall–Kier alpha value is -2.63. The monoisotopic (exact) mass is 307 g/mol. The van der Waals surface area contributed by atoms with E-state index in [0.29, 0.717) is 16.5 Å². The van der Waals surface area contributed by atoms with Crippen LogP contribution in [0.4, 0.5) is 17.6 Å². The van der Waals surface area contributed by atoms with Gasteiger partial charge < -0.3 is 4.42 Å². The van der Waals surface area contributed by atoms with Crippen molar-refractivity contribution >= 4 is 11.0 Å². The molecule has 0 atom stereocenters. The quantitative estimate of drug-likeness (QED) is 0.648. The van der Waals surface area contributed by atoms with Crippen molar-refractivity contribution in [3.05, 3.63) is 65.5 Å². The summed E-state index contributed by atoms with van der Waals surface area (Å²) in [4.78, 5) is 0. The third-order valence-corrected chi connectivity index (χ3v) is 3.24. The first-order valence-electron chi connectivity index (χ1n) is 6.30. The summed E-state index contributed by atoms with van der Waals surface area (Å²) < 4.78 is 56.6. The van der Waals surface area contributed by atoms with Crippen LogP contribution in [-0.4, -0.2) is 0 Å². The molecular weight excluding hydrogens is 298 g/mol. The molecule has 0 aliphatic carbocycles. The summed E-state index contributed by atoms with van der Waals surface area (Å²) in [5.74, 6) is -0.665. The zero-order valence-electron chi connectivity index (χ0n) is 11.0. The fraction of sp³-hybridized carbons (Fsp3) is 0.0625. The van der Waals surface area contributed by atoms with Crippen LogP contribution in [0.1, 0.15) is 5.56 Å². The molecule has 3 aromatic rings. The summed E-state index contributed by atoms with van der Waals surface area (Å²) in [7, 11) is 0. The maximum Gasteiger partial charge on any atom is 0.416 e. The van der Waals surface area contributed by atoms with Crippen LogP contribution in [0.15, 0.2) is 52.9 Å². The van der Waals surface area contributed by atoms with Crippen LogP contribution in [0.3, 0.4) is 0 Å². The second kappa shape index (κ2) is 4.98. The first-order chi connectivity index (χ1) is 10.3. The van der Waals surface area contributed by atoms with Crippen molar-refractivity contribution in [1.29, 1.82) is 5.41 Å². The molecule has 0 radical (unpaired) electrons. The number of benzene rings is 2. The van der Waals surface area contributed by atoms with Crippen LogP contribution >= 0.6 is 0 Å². The normalized spacial score (nSPS) is 11.8. The van der Waals surface area contributed by atoms with Crippen LogP contribution in [0, 0.1) is 11.2 Å². The molecule has 1 aromatic heterocycles. The first-order valence-corrected chi connectivity index (χ1v) is 6.30. The van der Waals surface area contributed by atoms with Gasteiger partial charge in [-0.15, -0.1) is 0 Å². The van der Waals surface area contributed by atoms with Gasteiger partial charge in [0.25, 0.3) is 0 Å². The molecule has 2 aromatic carbocycles. The van der Waals surface area contributed by atoms with Gasteiger partial charge in [-0.25, -0.2) is 4.39 Å². The van der Waals surface area contributed by atoms with Crippen LogP contribution in [0.25, 0.3) is 22.1 Å². The summed E-state index contributed by atoms with van der Waals surface area (Å²) in [5.41, 5.74) is -0.0846. The summed E-state index contributed by atoms with van der Waals surface area (Å²) in [6, 6.07) is 10.2. The van der Waals surface area contributed by atoms with E-state index in [1.54, 1.807) is 6.07 Å². The lowest BCUT2D eigenvalue weighted by atomic mass is 10.0. The Bertz CT molecular complexity index is 895. The van der Waals surface area contributed by atoms with Gasteiger partial charge in [0, 0.05) is 11.5 Å². The summed E-state index contributed by atoms with van der Waals surface area (Å²) in [6.07, 6.45) is -4.41. The van der Waals surface area contributed by atoms with Crippen molar-refractivity contribution in [3.63, 3.8) is 0 Å². The minimum Gasteiger partial charge on any atom is -0.436 e. The van der Waals surface area contributed by atoms with Crippen molar-refractivity contribution in [2.45, 2.75) is 6.18 Å². The zero-order valence-corrected chi connectivity index (χ0v) is 11.0. The van der Waals surface area contributed by atoms with E-state index in [0.717, 1.165) is 12.1 Å². The van der Waals surface area contributed by atoms with Gasteiger partial charge >= 0.3 is 6.18 Å². The second-order valence-electron chi connectivity index (χ2n) is 4.75. The number of rotatable bonds is 1. The van der Waals surface area contributed by atoms with Gasteiger partial charge in [-0.05, 0) is 41.5 Å². The van der Waals surface area contributed by atoms with Crippen LogP contribution in [0.2, 0.25) is 0 Å². The third kappa shape index (κ3) is 2.59. The number of halogens is 4. The molecule has 0 fully saturated rings. The lowest BCUT2D eigenvalue weighted by Gasteiger charge is -2.08. The fourth-order valence-electron chi connectivity index (χ4n) is 2.17. The highest BCUT2D eigenvalue weighted by Crippen LogP contribution is 2.32. The molecule has 0 unspecified atom stereocenters. The van der Waals surface area contributed by atoms with E-state index >= 15 is 0 Å². The maximum absolute atomic E-state index is 14.0. The fourth-order valence-corrected chi connectivity index (χ4v) is 2.17. The molecule has 0 spiro atoms. The Morgan fingerprint density at radius 3 is 2.18 bits per heavy atom. The lowest BCUT2D eigenvalue weighted by molar-refractivity contribution is -0.137. The molecule has 1 N–H and O–H groups in total. The molecule has 0 amide bonds. The zero-order chi connectivity index (χ0) is 15.9. The van der Waals surface area contributed by atoms with Crippen LogP contribution < -0.4 is 5.55 Å². The maximum atomic E-state index is 14.0. The molecule has 0 aliphatic rings. The molecule has 1 heterocycles. The summed E-state index contributed by atoms with van der Waals surface area (Å²) >= 11 is 0. The molecule has 0 saturated carbocycles. The van der Waals surface area contributed by atoms with Crippen LogP contribution in [-0.2, 0) is 6.18 Å². The standard InChI is InChI=1S/C16H9F4NO/c17-13-8-11(7-10-3-6-14(21)22-15(10)13)9-1-4-12(5-2-9)16(18,19)20/h1-8,21H. The highest BCUT2D eigenvalue weighted by atomic mass is 19.4. The highest BCUT2D eigenvalue weighted by molar-refractivity contribution is 5.83. The van der Waals surface area contributed by atoms with E-state index in [4.69, 9.17) is 9.83 Å². The Morgan fingerprint density at radius 2 is 1.55 bits per heavy atom. The van der Waals surface area contributed by atoms with Crippen molar-refractivity contribution < 1.29 is 22.0 Å². The highest BCUT2D eigenvalue weighted by Gasteiger charge is 2.29. The number of alkyl halides is 3. The average Bonchev–Trinajstić information content (AvgIpc) is 2.47. The summed E-state index contributed by atoms with van der Waals surface area (Å²) in [6.45, 7) is 0. The molecule has 6 heteroatoms. The van der Waals surface area contributed by atoms with E-state index in [1.165, 1.54) is 30.3 Å².